The minimum atomic E-state index is -0.248. The summed E-state index contributed by atoms with van der Waals surface area (Å²) >= 11 is 0. The van der Waals surface area contributed by atoms with Crippen LogP contribution in [-0.2, 0) is 9.59 Å². The van der Waals surface area contributed by atoms with E-state index in [9.17, 15) is 9.59 Å². The number of hydrogen-bond donors (Lipinski definition) is 3. The molecule has 2 amide bonds. The van der Waals surface area contributed by atoms with E-state index in [0.717, 1.165) is 36.4 Å². The van der Waals surface area contributed by atoms with Crippen LogP contribution >= 0.6 is 0 Å². The number of rotatable bonds is 6. The summed E-state index contributed by atoms with van der Waals surface area (Å²) in [5.41, 5.74) is 7.51. The van der Waals surface area contributed by atoms with E-state index in [-0.39, 0.29) is 23.8 Å². The van der Waals surface area contributed by atoms with E-state index in [1.54, 1.807) is 0 Å². The Balaban J connectivity index is 2.05. The van der Waals surface area contributed by atoms with Gasteiger partial charge in [0.2, 0.25) is 5.91 Å². The maximum Gasteiger partial charge on any atom is 0.282 e. The molecule has 1 aliphatic rings. The first-order chi connectivity index (χ1) is 11.4. The molecule has 2 rings (SSSR count). The second-order valence-electron chi connectivity index (χ2n) is 6.96. The molecule has 4 atom stereocenters. The zero-order valence-electron chi connectivity index (χ0n) is 15.0. The maximum atomic E-state index is 12.7. The number of anilines is 1. The average Bonchev–Trinajstić information content (AvgIpc) is 2.60. The van der Waals surface area contributed by atoms with Crippen molar-refractivity contribution in [3.05, 3.63) is 29.8 Å². The van der Waals surface area contributed by atoms with Crippen molar-refractivity contribution < 1.29 is 14.5 Å². The summed E-state index contributed by atoms with van der Waals surface area (Å²) in [6.45, 7) is 7.80. The highest BCUT2D eigenvalue weighted by Crippen LogP contribution is 2.26. The topological polar surface area (TPSA) is 76.6 Å². The number of quaternary nitrogens is 1. The van der Waals surface area contributed by atoms with Crippen LogP contribution in [0.5, 0.6) is 0 Å². The number of primary amides is 1. The highest BCUT2D eigenvalue weighted by Gasteiger charge is 2.33. The molecule has 0 bridgehead atoms. The lowest BCUT2D eigenvalue weighted by atomic mass is 9.95. The number of carbonyl (C=O) groups is 2. The number of hydrogen-bond acceptors (Lipinski definition) is 2. The van der Waals surface area contributed by atoms with Gasteiger partial charge in [-0.05, 0) is 43.7 Å². The van der Waals surface area contributed by atoms with Crippen LogP contribution in [0.25, 0.3) is 0 Å². The Labute approximate surface area is 144 Å². The molecule has 1 aliphatic heterocycles. The molecule has 0 spiro atoms. The first-order valence-corrected chi connectivity index (χ1v) is 8.97. The standard InChI is InChI=1S/C19H29N3O2/c1-4-13(2)16-9-5-6-10-17(16)21-19(24)14(3)22-11-7-8-15(12-22)18(20)23/h5-6,9-10,13-15H,4,7-8,11-12H2,1-3H3,(H2,20,23)(H,21,24)/p+1/t13-,14-,15-/m0/s1. The predicted molar refractivity (Wildman–Crippen MR) is 95.9 cm³/mol. The minimum Gasteiger partial charge on any atom is -0.369 e. The molecule has 5 nitrogen and oxygen atoms in total. The third-order valence-corrected chi connectivity index (χ3v) is 5.33. The van der Waals surface area contributed by atoms with Gasteiger partial charge in [-0.25, -0.2) is 0 Å². The molecule has 0 radical (unpaired) electrons. The summed E-state index contributed by atoms with van der Waals surface area (Å²) in [5.74, 6) is 0.0441. The van der Waals surface area contributed by atoms with Gasteiger partial charge < -0.3 is 16.0 Å². The molecule has 1 aromatic rings. The van der Waals surface area contributed by atoms with Gasteiger partial charge >= 0.3 is 0 Å². The third-order valence-electron chi connectivity index (χ3n) is 5.33. The van der Waals surface area contributed by atoms with Crippen LogP contribution in [0.4, 0.5) is 5.69 Å². The SMILES string of the molecule is CC[C@H](C)c1ccccc1NC(=O)[C@H](C)[NH+]1CCC[C@H](C(N)=O)C1. The zero-order chi connectivity index (χ0) is 17.7. The largest absolute Gasteiger partial charge is 0.369 e. The fourth-order valence-electron chi connectivity index (χ4n) is 3.42. The third kappa shape index (κ3) is 4.35. The summed E-state index contributed by atoms with van der Waals surface area (Å²) in [7, 11) is 0. The Bertz CT molecular complexity index is 588. The van der Waals surface area contributed by atoms with E-state index in [0.29, 0.717) is 12.5 Å². The van der Waals surface area contributed by atoms with E-state index in [1.807, 2.05) is 25.1 Å². The number of nitrogens with two attached hydrogens (primary N) is 1. The molecule has 0 aromatic heterocycles. The zero-order valence-corrected chi connectivity index (χ0v) is 15.0. The van der Waals surface area contributed by atoms with E-state index >= 15 is 0 Å². The number of piperidine rings is 1. The predicted octanol–water partition coefficient (Wildman–Crippen LogP) is 1.31. The monoisotopic (exact) mass is 332 g/mol. The number of amides is 2. The van der Waals surface area contributed by atoms with Gasteiger partial charge in [-0.15, -0.1) is 0 Å². The summed E-state index contributed by atoms with van der Waals surface area (Å²) in [6.07, 6.45) is 2.80. The molecular weight excluding hydrogens is 302 g/mol. The molecule has 4 N–H and O–H groups in total. The lowest BCUT2D eigenvalue weighted by molar-refractivity contribution is -0.921. The lowest BCUT2D eigenvalue weighted by Crippen LogP contribution is -3.18. The smallest absolute Gasteiger partial charge is 0.282 e. The number of nitrogens with one attached hydrogen (secondary N) is 2. The molecule has 132 valence electrons. The second kappa shape index (κ2) is 8.29. The molecule has 24 heavy (non-hydrogen) atoms. The molecular formula is C19H30N3O2+. The average molecular weight is 332 g/mol. The Kier molecular flexibility index (Phi) is 6.37. The number of para-hydroxylation sites is 1. The van der Waals surface area contributed by atoms with Crippen LogP contribution in [0.2, 0.25) is 0 Å². The summed E-state index contributed by atoms with van der Waals surface area (Å²) in [4.78, 5) is 25.3. The lowest BCUT2D eigenvalue weighted by Gasteiger charge is -2.32. The molecule has 1 unspecified atom stereocenters. The quantitative estimate of drug-likeness (QED) is 0.734. The summed E-state index contributed by atoms with van der Waals surface area (Å²) in [6, 6.07) is 7.80. The van der Waals surface area contributed by atoms with Crippen LogP contribution in [0, 0.1) is 5.92 Å². The summed E-state index contributed by atoms with van der Waals surface area (Å²) in [5, 5.41) is 3.09. The van der Waals surface area contributed by atoms with E-state index < -0.39 is 0 Å². The number of carbonyl (C=O) groups excluding carboxylic acids is 2. The van der Waals surface area contributed by atoms with Crippen LogP contribution < -0.4 is 16.0 Å². The molecule has 1 heterocycles. The van der Waals surface area contributed by atoms with Crippen LogP contribution in [0.15, 0.2) is 24.3 Å². The van der Waals surface area contributed by atoms with Gasteiger partial charge in [0.15, 0.2) is 6.04 Å². The van der Waals surface area contributed by atoms with E-state index in [4.69, 9.17) is 5.73 Å². The molecule has 0 aliphatic carbocycles. The van der Waals surface area contributed by atoms with Crippen LogP contribution in [0.3, 0.4) is 0 Å². The Morgan fingerprint density at radius 1 is 1.33 bits per heavy atom. The first kappa shape index (κ1) is 18.5. The van der Waals surface area contributed by atoms with Gasteiger partial charge in [-0.2, -0.15) is 0 Å². The highest BCUT2D eigenvalue weighted by atomic mass is 16.2. The van der Waals surface area contributed by atoms with Crippen molar-refractivity contribution in [1.82, 2.24) is 0 Å². The van der Waals surface area contributed by atoms with Crippen LogP contribution in [0.1, 0.15) is 51.5 Å². The van der Waals surface area contributed by atoms with Gasteiger partial charge in [-0.3, -0.25) is 9.59 Å². The molecule has 1 saturated heterocycles. The maximum absolute atomic E-state index is 12.7. The fourth-order valence-corrected chi connectivity index (χ4v) is 3.42. The van der Waals surface area contributed by atoms with Crippen molar-refractivity contribution in [2.75, 3.05) is 18.4 Å². The second-order valence-corrected chi connectivity index (χ2v) is 6.96. The van der Waals surface area contributed by atoms with Crippen molar-refractivity contribution in [3.63, 3.8) is 0 Å². The normalized spacial score (nSPS) is 23.3. The molecule has 0 saturated carbocycles. The first-order valence-electron chi connectivity index (χ1n) is 8.97. The highest BCUT2D eigenvalue weighted by molar-refractivity contribution is 5.94. The fraction of sp³-hybridized carbons (Fsp3) is 0.579. The van der Waals surface area contributed by atoms with Crippen molar-refractivity contribution in [2.24, 2.45) is 11.7 Å². The Hall–Kier alpha value is -1.88. The number of benzene rings is 1. The van der Waals surface area contributed by atoms with Crippen molar-refractivity contribution in [2.45, 2.75) is 52.0 Å². The van der Waals surface area contributed by atoms with Gasteiger partial charge in [0.25, 0.3) is 5.91 Å². The number of likely N-dealkylation sites (tertiary alicyclic amines) is 1. The minimum absolute atomic E-state index is 0.00544. The van der Waals surface area contributed by atoms with Gasteiger partial charge in [-0.1, -0.05) is 32.0 Å². The molecule has 1 aromatic carbocycles. The molecule has 1 fully saturated rings. The Morgan fingerprint density at radius 3 is 2.71 bits per heavy atom. The van der Waals surface area contributed by atoms with E-state index in [2.05, 4.69) is 25.2 Å². The van der Waals surface area contributed by atoms with E-state index in [1.165, 1.54) is 5.56 Å². The van der Waals surface area contributed by atoms with Crippen molar-refractivity contribution >= 4 is 17.5 Å². The van der Waals surface area contributed by atoms with Crippen LogP contribution in [-0.4, -0.2) is 30.9 Å². The van der Waals surface area contributed by atoms with Crippen molar-refractivity contribution in [1.29, 1.82) is 0 Å². The van der Waals surface area contributed by atoms with Gasteiger partial charge in [0.05, 0.1) is 19.0 Å². The van der Waals surface area contributed by atoms with Gasteiger partial charge in [0, 0.05) is 5.69 Å². The Morgan fingerprint density at radius 2 is 2.04 bits per heavy atom. The van der Waals surface area contributed by atoms with Gasteiger partial charge in [0.1, 0.15) is 0 Å². The summed E-state index contributed by atoms with van der Waals surface area (Å²) < 4.78 is 0. The van der Waals surface area contributed by atoms with Crippen molar-refractivity contribution in [3.8, 4) is 0 Å². The molecule has 5 heteroatoms.